The molecule has 2 rings (SSSR count). The Bertz CT molecular complexity index is 566. The van der Waals surface area contributed by atoms with Gasteiger partial charge in [-0.25, -0.2) is 0 Å². The number of rotatable bonds is 6. The van der Waals surface area contributed by atoms with E-state index in [1.165, 1.54) is 0 Å². The Kier molecular flexibility index (Phi) is 4.90. The third-order valence-corrected chi connectivity index (χ3v) is 3.54. The number of ether oxygens (including phenoxy) is 1. The molecular weight excluding hydrogens is 274 g/mol. The predicted octanol–water partition coefficient (Wildman–Crippen LogP) is 2.45. The van der Waals surface area contributed by atoms with Crippen molar-refractivity contribution in [1.29, 1.82) is 0 Å². The standard InChI is InChI=1S/C15H15NO3S/c16-15(18)14(12-4-2-1-3-5-12)19-13(17)7-6-11-8-9-20-10-11/h1-5,8-10,14H,6-7H2,(H2,16,18). The van der Waals surface area contributed by atoms with Crippen molar-refractivity contribution in [2.75, 3.05) is 0 Å². The predicted molar refractivity (Wildman–Crippen MR) is 77.1 cm³/mol. The van der Waals surface area contributed by atoms with E-state index < -0.39 is 18.0 Å². The van der Waals surface area contributed by atoms with Gasteiger partial charge in [-0.15, -0.1) is 0 Å². The number of benzene rings is 1. The highest BCUT2D eigenvalue weighted by molar-refractivity contribution is 7.07. The number of nitrogens with two attached hydrogens (primary N) is 1. The van der Waals surface area contributed by atoms with Gasteiger partial charge in [-0.1, -0.05) is 30.3 Å². The summed E-state index contributed by atoms with van der Waals surface area (Å²) in [5, 5.41) is 3.94. The SMILES string of the molecule is NC(=O)C(OC(=O)CCc1ccsc1)c1ccccc1. The fourth-order valence-corrected chi connectivity index (χ4v) is 2.49. The van der Waals surface area contributed by atoms with Gasteiger partial charge in [0.2, 0.25) is 6.10 Å². The third kappa shape index (κ3) is 3.93. The number of hydrogen-bond acceptors (Lipinski definition) is 4. The Morgan fingerprint density at radius 1 is 1.20 bits per heavy atom. The molecular formula is C15H15NO3S. The van der Waals surface area contributed by atoms with Crippen LogP contribution in [-0.2, 0) is 20.7 Å². The van der Waals surface area contributed by atoms with Crippen LogP contribution in [-0.4, -0.2) is 11.9 Å². The zero-order valence-corrected chi connectivity index (χ0v) is 11.6. The van der Waals surface area contributed by atoms with Gasteiger partial charge in [0.15, 0.2) is 0 Å². The van der Waals surface area contributed by atoms with Crippen LogP contribution in [0.5, 0.6) is 0 Å². The van der Waals surface area contributed by atoms with Crippen molar-refractivity contribution in [1.82, 2.24) is 0 Å². The van der Waals surface area contributed by atoms with Crippen LogP contribution in [0.4, 0.5) is 0 Å². The van der Waals surface area contributed by atoms with Crippen LogP contribution in [0, 0.1) is 0 Å². The number of primary amides is 1. The third-order valence-electron chi connectivity index (χ3n) is 2.81. The molecule has 20 heavy (non-hydrogen) atoms. The van der Waals surface area contributed by atoms with Crippen molar-refractivity contribution in [2.24, 2.45) is 5.73 Å². The smallest absolute Gasteiger partial charge is 0.307 e. The first-order valence-electron chi connectivity index (χ1n) is 6.21. The van der Waals surface area contributed by atoms with Crippen molar-refractivity contribution >= 4 is 23.2 Å². The minimum absolute atomic E-state index is 0.230. The minimum Gasteiger partial charge on any atom is -0.447 e. The normalized spacial score (nSPS) is 11.8. The van der Waals surface area contributed by atoms with Gasteiger partial charge in [0.25, 0.3) is 5.91 Å². The lowest BCUT2D eigenvalue weighted by atomic mass is 10.1. The molecule has 0 bridgehead atoms. The second-order valence-electron chi connectivity index (χ2n) is 4.31. The van der Waals surface area contributed by atoms with Gasteiger partial charge in [-0.05, 0) is 28.8 Å². The van der Waals surface area contributed by atoms with E-state index in [9.17, 15) is 9.59 Å². The summed E-state index contributed by atoms with van der Waals surface area (Å²) >= 11 is 1.58. The fourth-order valence-electron chi connectivity index (χ4n) is 1.79. The number of aryl methyl sites for hydroxylation is 1. The molecule has 0 saturated heterocycles. The van der Waals surface area contributed by atoms with Gasteiger partial charge in [0.05, 0.1) is 0 Å². The van der Waals surface area contributed by atoms with Gasteiger partial charge in [-0.3, -0.25) is 9.59 Å². The van der Waals surface area contributed by atoms with Crippen LogP contribution >= 0.6 is 11.3 Å². The maximum absolute atomic E-state index is 11.8. The van der Waals surface area contributed by atoms with Gasteiger partial charge in [-0.2, -0.15) is 11.3 Å². The molecule has 2 N–H and O–H groups in total. The van der Waals surface area contributed by atoms with E-state index in [-0.39, 0.29) is 6.42 Å². The molecule has 1 aromatic heterocycles. The van der Waals surface area contributed by atoms with E-state index in [1.807, 2.05) is 22.9 Å². The van der Waals surface area contributed by atoms with E-state index >= 15 is 0 Å². The lowest BCUT2D eigenvalue weighted by Crippen LogP contribution is -2.26. The highest BCUT2D eigenvalue weighted by Gasteiger charge is 2.22. The first kappa shape index (κ1) is 14.3. The van der Waals surface area contributed by atoms with Crippen molar-refractivity contribution in [3.05, 3.63) is 58.3 Å². The molecule has 0 aliphatic rings. The molecule has 0 aliphatic carbocycles. The average Bonchev–Trinajstić information content (AvgIpc) is 2.96. The van der Waals surface area contributed by atoms with Gasteiger partial charge in [0, 0.05) is 12.0 Å². The Morgan fingerprint density at radius 3 is 2.55 bits per heavy atom. The summed E-state index contributed by atoms with van der Waals surface area (Å²) in [6.45, 7) is 0. The highest BCUT2D eigenvalue weighted by atomic mass is 32.1. The summed E-state index contributed by atoms with van der Waals surface area (Å²) in [7, 11) is 0. The van der Waals surface area contributed by atoms with Gasteiger partial charge in [0.1, 0.15) is 0 Å². The van der Waals surface area contributed by atoms with E-state index in [4.69, 9.17) is 10.5 Å². The number of esters is 1. The van der Waals surface area contributed by atoms with Gasteiger partial charge < -0.3 is 10.5 Å². The Hall–Kier alpha value is -2.14. The maximum atomic E-state index is 11.8. The molecule has 5 heteroatoms. The number of amides is 1. The lowest BCUT2D eigenvalue weighted by molar-refractivity contribution is -0.155. The quantitative estimate of drug-likeness (QED) is 0.830. The monoisotopic (exact) mass is 289 g/mol. The zero-order chi connectivity index (χ0) is 14.4. The number of carbonyl (C=O) groups excluding carboxylic acids is 2. The Morgan fingerprint density at radius 2 is 1.95 bits per heavy atom. The Balaban J connectivity index is 1.95. The van der Waals surface area contributed by atoms with Crippen molar-refractivity contribution in [3.63, 3.8) is 0 Å². The Labute approximate surface area is 121 Å². The molecule has 104 valence electrons. The molecule has 0 radical (unpaired) electrons. The van der Waals surface area contributed by atoms with E-state index in [1.54, 1.807) is 35.6 Å². The number of hydrogen-bond donors (Lipinski definition) is 1. The molecule has 0 spiro atoms. The maximum Gasteiger partial charge on any atom is 0.307 e. The van der Waals surface area contributed by atoms with Crippen LogP contribution < -0.4 is 5.73 Å². The van der Waals surface area contributed by atoms with Crippen molar-refractivity contribution in [3.8, 4) is 0 Å². The average molecular weight is 289 g/mol. The molecule has 1 heterocycles. The van der Waals surface area contributed by atoms with E-state index in [0.717, 1.165) is 5.56 Å². The largest absolute Gasteiger partial charge is 0.447 e. The highest BCUT2D eigenvalue weighted by Crippen LogP contribution is 2.18. The van der Waals surface area contributed by atoms with E-state index in [2.05, 4.69) is 0 Å². The van der Waals surface area contributed by atoms with E-state index in [0.29, 0.717) is 12.0 Å². The van der Waals surface area contributed by atoms with Crippen molar-refractivity contribution in [2.45, 2.75) is 18.9 Å². The first-order valence-corrected chi connectivity index (χ1v) is 7.16. The molecule has 2 aromatic rings. The molecule has 1 aromatic carbocycles. The fraction of sp³-hybridized carbons (Fsp3) is 0.200. The molecule has 0 fully saturated rings. The molecule has 1 atom stereocenters. The molecule has 1 unspecified atom stereocenters. The minimum atomic E-state index is -1.02. The summed E-state index contributed by atoms with van der Waals surface area (Å²) < 4.78 is 5.19. The molecule has 4 nitrogen and oxygen atoms in total. The first-order chi connectivity index (χ1) is 9.66. The topological polar surface area (TPSA) is 69.4 Å². The zero-order valence-electron chi connectivity index (χ0n) is 10.8. The number of carbonyl (C=O) groups is 2. The summed E-state index contributed by atoms with van der Waals surface area (Å²) in [6, 6.07) is 10.7. The summed E-state index contributed by atoms with van der Waals surface area (Å²) in [4.78, 5) is 23.2. The van der Waals surface area contributed by atoms with Crippen LogP contribution in [0.1, 0.15) is 23.7 Å². The second kappa shape index (κ2) is 6.86. The van der Waals surface area contributed by atoms with Crippen molar-refractivity contribution < 1.29 is 14.3 Å². The van der Waals surface area contributed by atoms with Crippen LogP contribution in [0.3, 0.4) is 0 Å². The molecule has 1 amide bonds. The second-order valence-corrected chi connectivity index (χ2v) is 5.09. The summed E-state index contributed by atoms with van der Waals surface area (Å²) in [5.41, 5.74) is 6.97. The van der Waals surface area contributed by atoms with Crippen LogP contribution in [0.25, 0.3) is 0 Å². The molecule has 0 saturated carbocycles. The molecule has 0 aliphatic heterocycles. The van der Waals surface area contributed by atoms with Crippen LogP contribution in [0.2, 0.25) is 0 Å². The van der Waals surface area contributed by atoms with Gasteiger partial charge >= 0.3 is 5.97 Å². The summed E-state index contributed by atoms with van der Waals surface area (Å²) in [6.07, 6.45) is -0.193. The van der Waals surface area contributed by atoms with Crippen LogP contribution in [0.15, 0.2) is 47.2 Å². The summed E-state index contributed by atoms with van der Waals surface area (Å²) in [5.74, 6) is -1.09. The number of thiophene rings is 1. The lowest BCUT2D eigenvalue weighted by Gasteiger charge is -2.14.